The molecule has 0 spiro atoms. The van der Waals surface area contributed by atoms with Crippen molar-refractivity contribution in [2.24, 2.45) is 0 Å². The minimum Gasteiger partial charge on any atom is -0.496 e. The number of aromatic nitrogens is 1. The monoisotopic (exact) mass is 246 g/mol. The van der Waals surface area contributed by atoms with Gasteiger partial charge in [-0.1, -0.05) is 12.1 Å². The Morgan fingerprint density at radius 2 is 2.17 bits per heavy atom. The first kappa shape index (κ1) is 12.6. The highest BCUT2D eigenvalue weighted by molar-refractivity contribution is 5.62. The SMILES string of the molecule is CNC(C)Cc1coc(-c2ccccc2OC)n1. The van der Waals surface area contributed by atoms with E-state index in [4.69, 9.17) is 9.15 Å². The molecule has 96 valence electrons. The first-order valence-electron chi connectivity index (χ1n) is 5.99. The normalized spacial score (nSPS) is 12.4. The van der Waals surface area contributed by atoms with E-state index in [0.29, 0.717) is 11.9 Å². The molecule has 0 amide bonds. The van der Waals surface area contributed by atoms with Gasteiger partial charge in [0.1, 0.15) is 12.0 Å². The van der Waals surface area contributed by atoms with Crippen molar-refractivity contribution < 1.29 is 9.15 Å². The van der Waals surface area contributed by atoms with E-state index in [1.807, 2.05) is 31.3 Å². The highest BCUT2D eigenvalue weighted by Gasteiger charge is 2.12. The summed E-state index contributed by atoms with van der Waals surface area (Å²) in [6.07, 6.45) is 2.55. The lowest BCUT2D eigenvalue weighted by Gasteiger charge is -2.06. The zero-order valence-electron chi connectivity index (χ0n) is 10.9. The molecule has 2 aromatic rings. The predicted molar refractivity (Wildman–Crippen MR) is 70.7 cm³/mol. The van der Waals surface area contributed by atoms with Crippen molar-refractivity contribution in [3.63, 3.8) is 0 Å². The van der Waals surface area contributed by atoms with E-state index in [2.05, 4.69) is 17.2 Å². The zero-order valence-corrected chi connectivity index (χ0v) is 10.9. The first-order chi connectivity index (χ1) is 8.74. The van der Waals surface area contributed by atoms with Gasteiger partial charge in [-0.2, -0.15) is 0 Å². The van der Waals surface area contributed by atoms with Gasteiger partial charge in [-0.25, -0.2) is 4.98 Å². The molecule has 2 rings (SSSR count). The van der Waals surface area contributed by atoms with Crippen LogP contribution < -0.4 is 10.1 Å². The topological polar surface area (TPSA) is 47.3 Å². The number of hydrogen-bond acceptors (Lipinski definition) is 4. The number of nitrogens with one attached hydrogen (secondary N) is 1. The molecule has 1 aromatic heterocycles. The molecule has 0 aliphatic carbocycles. The van der Waals surface area contributed by atoms with Crippen molar-refractivity contribution in [1.29, 1.82) is 0 Å². The van der Waals surface area contributed by atoms with Crippen molar-refractivity contribution in [3.8, 4) is 17.2 Å². The van der Waals surface area contributed by atoms with Gasteiger partial charge in [0, 0.05) is 12.5 Å². The van der Waals surface area contributed by atoms with Crippen LogP contribution in [0.15, 0.2) is 34.9 Å². The van der Waals surface area contributed by atoms with Gasteiger partial charge in [-0.3, -0.25) is 0 Å². The maximum absolute atomic E-state index is 5.52. The first-order valence-corrected chi connectivity index (χ1v) is 5.99. The molecular weight excluding hydrogens is 228 g/mol. The molecule has 4 nitrogen and oxygen atoms in total. The van der Waals surface area contributed by atoms with Gasteiger partial charge in [0.15, 0.2) is 0 Å². The van der Waals surface area contributed by atoms with Crippen molar-refractivity contribution in [2.45, 2.75) is 19.4 Å². The van der Waals surface area contributed by atoms with Crippen molar-refractivity contribution in [1.82, 2.24) is 10.3 Å². The largest absolute Gasteiger partial charge is 0.496 e. The summed E-state index contributed by atoms with van der Waals surface area (Å²) in [6.45, 7) is 2.11. The smallest absolute Gasteiger partial charge is 0.229 e. The van der Waals surface area contributed by atoms with Crippen molar-refractivity contribution >= 4 is 0 Å². The van der Waals surface area contributed by atoms with Crippen LogP contribution in [0.1, 0.15) is 12.6 Å². The number of likely N-dealkylation sites (N-methyl/N-ethyl adjacent to an activating group) is 1. The van der Waals surface area contributed by atoms with E-state index >= 15 is 0 Å². The Balaban J connectivity index is 2.24. The summed E-state index contributed by atoms with van der Waals surface area (Å²) in [7, 11) is 3.58. The van der Waals surface area contributed by atoms with Gasteiger partial charge in [-0.05, 0) is 26.1 Å². The molecule has 0 fully saturated rings. The molecule has 0 saturated heterocycles. The van der Waals surface area contributed by atoms with E-state index in [0.717, 1.165) is 23.4 Å². The zero-order chi connectivity index (χ0) is 13.0. The second kappa shape index (κ2) is 5.69. The highest BCUT2D eigenvalue weighted by atomic mass is 16.5. The number of rotatable bonds is 5. The van der Waals surface area contributed by atoms with Crippen molar-refractivity contribution in [2.75, 3.05) is 14.2 Å². The molecule has 4 heteroatoms. The number of nitrogens with zero attached hydrogens (tertiary/aromatic N) is 1. The fourth-order valence-electron chi connectivity index (χ4n) is 1.76. The summed E-state index contributed by atoms with van der Waals surface area (Å²) in [5.41, 5.74) is 1.82. The molecule has 0 aliphatic heterocycles. The van der Waals surface area contributed by atoms with Crippen LogP contribution in [-0.4, -0.2) is 25.2 Å². The molecule has 0 saturated carbocycles. The van der Waals surface area contributed by atoms with Crippen molar-refractivity contribution in [3.05, 3.63) is 36.2 Å². The van der Waals surface area contributed by atoms with Gasteiger partial charge in [0.05, 0.1) is 18.4 Å². The van der Waals surface area contributed by atoms with Crippen LogP contribution in [-0.2, 0) is 6.42 Å². The molecule has 18 heavy (non-hydrogen) atoms. The minimum absolute atomic E-state index is 0.376. The Hall–Kier alpha value is -1.81. The number of methoxy groups -OCH3 is 1. The number of oxazole rings is 1. The second-order valence-corrected chi connectivity index (χ2v) is 4.24. The summed E-state index contributed by atoms with van der Waals surface area (Å²) >= 11 is 0. The predicted octanol–water partition coefficient (Wildman–Crippen LogP) is 2.50. The van der Waals surface area contributed by atoms with E-state index < -0.39 is 0 Å². The molecule has 1 N–H and O–H groups in total. The fourth-order valence-corrected chi connectivity index (χ4v) is 1.76. The van der Waals surface area contributed by atoms with Crippen LogP contribution in [0.4, 0.5) is 0 Å². The maximum Gasteiger partial charge on any atom is 0.229 e. The van der Waals surface area contributed by atoms with Crippen LogP contribution in [0, 0.1) is 0 Å². The van der Waals surface area contributed by atoms with Crippen LogP contribution in [0.25, 0.3) is 11.5 Å². The van der Waals surface area contributed by atoms with Gasteiger partial charge >= 0.3 is 0 Å². The quantitative estimate of drug-likeness (QED) is 0.880. The lowest BCUT2D eigenvalue weighted by atomic mass is 10.2. The minimum atomic E-state index is 0.376. The Kier molecular flexibility index (Phi) is 3.99. The summed E-state index contributed by atoms with van der Waals surface area (Å²) in [5.74, 6) is 1.37. The Labute approximate surface area is 107 Å². The van der Waals surface area contributed by atoms with E-state index in [-0.39, 0.29) is 0 Å². The van der Waals surface area contributed by atoms with Crippen LogP contribution in [0.5, 0.6) is 5.75 Å². The number of benzene rings is 1. The maximum atomic E-state index is 5.52. The Morgan fingerprint density at radius 3 is 2.89 bits per heavy atom. The molecule has 0 aliphatic rings. The summed E-state index contributed by atoms with van der Waals surface area (Å²) in [4.78, 5) is 4.49. The lowest BCUT2D eigenvalue weighted by molar-refractivity contribution is 0.414. The molecule has 0 radical (unpaired) electrons. The molecule has 0 bridgehead atoms. The highest BCUT2D eigenvalue weighted by Crippen LogP contribution is 2.28. The number of ether oxygens (including phenoxy) is 1. The van der Waals surface area contributed by atoms with E-state index in [1.54, 1.807) is 13.4 Å². The standard InChI is InChI=1S/C14H18N2O2/c1-10(15-2)8-11-9-18-14(16-11)12-6-4-5-7-13(12)17-3/h4-7,9-10,15H,8H2,1-3H3. The Morgan fingerprint density at radius 1 is 1.39 bits per heavy atom. The summed E-state index contributed by atoms with van der Waals surface area (Å²) in [6, 6.07) is 8.08. The van der Waals surface area contributed by atoms with Gasteiger partial charge in [0.25, 0.3) is 0 Å². The van der Waals surface area contributed by atoms with Crippen LogP contribution in [0.3, 0.4) is 0 Å². The third-order valence-electron chi connectivity index (χ3n) is 2.90. The summed E-state index contributed by atoms with van der Waals surface area (Å²) in [5, 5.41) is 3.18. The fraction of sp³-hybridized carbons (Fsp3) is 0.357. The third kappa shape index (κ3) is 2.71. The second-order valence-electron chi connectivity index (χ2n) is 4.24. The van der Waals surface area contributed by atoms with Crippen LogP contribution in [0.2, 0.25) is 0 Å². The van der Waals surface area contributed by atoms with Gasteiger partial charge in [-0.15, -0.1) is 0 Å². The van der Waals surface area contributed by atoms with Crippen LogP contribution >= 0.6 is 0 Å². The molecule has 1 heterocycles. The van der Waals surface area contributed by atoms with Gasteiger partial charge < -0.3 is 14.5 Å². The average Bonchev–Trinajstić information content (AvgIpc) is 2.86. The molecule has 1 atom stereocenters. The summed E-state index contributed by atoms with van der Waals surface area (Å²) < 4.78 is 10.8. The average molecular weight is 246 g/mol. The van der Waals surface area contributed by atoms with E-state index in [9.17, 15) is 0 Å². The third-order valence-corrected chi connectivity index (χ3v) is 2.90. The molecular formula is C14H18N2O2. The number of hydrogen-bond donors (Lipinski definition) is 1. The Bertz CT molecular complexity index is 508. The molecule has 1 aromatic carbocycles. The van der Waals surface area contributed by atoms with Gasteiger partial charge in [0.2, 0.25) is 5.89 Å². The lowest BCUT2D eigenvalue weighted by Crippen LogP contribution is -2.23. The van der Waals surface area contributed by atoms with E-state index in [1.165, 1.54) is 0 Å². The number of para-hydroxylation sites is 1. The molecule has 1 unspecified atom stereocenters.